The van der Waals surface area contributed by atoms with Crippen molar-refractivity contribution in [2.75, 3.05) is 0 Å². The number of carboxylic acid groups (broad SMARTS) is 1. The average molecular weight is 412 g/mol. The molecule has 128 valence electrons. The summed E-state index contributed by atoms with van der Waals surface area (Å²) >= 11 is 3.34. The van der Waals surface area contributed by atoms with Gasteiger partial charge in [-0.1, -0.05) is 28.1 Å². The van der Waals surface area contributed by atoms with Crippen molar-refractivity contribution >= 4 is 32.8 Å². The molecule has 0 spiro atoms. The van der Waals surface area contributed by atoms with Gasteiger partial charge in [0.15, 0.2) is 5.76 Å². The van der Waals surface area contributed by atoms with E-state index >= 15 is 0 Å². The number of halogens is 2. The summed E-state index contributed by atoms with van der Waals surface area (Å²) in [5.41, 5.74) is 1.68. The molecule has 4 nitrogen and oxygen atoms in total. The summed E-state index contributed by atoms with van der Waals surface area (Å²) in [6, 6.07) is 16.2. The van der Waals surface area contributed by atoms with Gasteiger partial charge in [0.05, 0.1) is 11.1 Å². The van der Waals surface area contributed by atoms with Gasteiger partial charge in [-0.2, -0.15) is 0 Å². The van der Waals surface area contributed by atoms with E-state index in [1.54, 1.807) is 42.5 Å². The van der Waals surface area contributed by atoms with Crippen molar-refractivity contribution < 1.29 is 18.7 Å². The molecule has 0 saturated carbocycles. The van der Waals surface area contributed by atoms with Crippen molar-refractivity contribution in [1.82, 2.24) is 4.98 Å². The van der Waals surface area contributed by atoms with Gasteiger partial charge in [0.1, 0.15) is 17.3 Å². The van der Waals surface area contributed by atoms with Crippen molar-refractivity contribution in [2.45, 2.75) is 0 Å². The van der Waals surface area contributed by atoms with Crippen LogP contribution in [0.25, 0.3) is 33.7 Å². The molecular formula is C20H11BrFNO3. The Morgan fingerprint density at radius 1 is 1.04 bits per heavy atom. The quantitative estimate of drug-likeness (QED) is 0.465. The molecule has 0 amide bonds. The van der Waals surface area contributed by atoms with E-state index < -0.39 is 5.97 Å². The molecule has 6 heteroatoms. The Balaban J connectivity index is 1.85. The van der Waals surface area contributed by atoms with E-state index in [-0.39, 0.29) is 11.4 Å². The maximum absolute atomic E-state index is 13.4. The average Bonchev–Trinajstić information content (AvgIpc) is 3.11. The molecule has 4 rings (SSSR count). The summed E-state index contributed by atoms with van der Waals surface area (Å²) in [5, 5.41) is 10.1. The standard InChI is InChI=1S/C20H11BrFNO3/c21-12-4-5-16-14(9-12)15(20(24)25)10-17(23-16)19-7-6-18(26-19)11-2-1-3-13(22)8-11/h1-10H,(H,24,25). The van der Waals surface area contributed by atoms with Crippen molar-refractivity contribution in [3.05, 3.63) is 76.5 Å². The number of carbonyl (C=O) groups is 1. The highest BCUT2D eigenvalue weighted by Gasteiger charge is 2.16. The second kappa shape index (κ2) is 6.38. The lowest BCUT2D eigenvalue weighted by molar-refractivity contribution is 0.0699. The minimum Gasteiger partial charge on any atom is -0.478 e. The molecule has 2 aromatic carbocycles. The van der Waals surface area contributed by atoms with Crippen LogP contribution < -0.4 is 0 Å². The fourth-order valence-electron chi connectivity index (χ4n) is 2.77. The first-order valence-corrected chi connectivity index (χ1v) is 8.50. The number of aromatic carboxylic acids is 1. The zero-order valence-corrected chi connectivity index (χ0v) is 14.8. The van der Waals surface area contributed by atoms with Crippen LogP contribution in [0.2, 0.25) is 0 Å². The third-order valence-electron chi connectivity index (χ3n) is 3.97. The topological polar surface area (TPSA) is 63.3 Å². The molecular weight excluding hydrogens is 401 g/mol. The Hall–Kier alpha value is -2.99. The van der Waals surface area contributed by atoms with Crippen molar-refractivity contribution in [3.8, 4) is 22.8 Å². The molecule has 4 aromatic rings. The molecule has 0 saturated heterocycles. The van der Waals surface area contributed by atoms with E-state index in [0.717, 1.165) is 4.47 Å². The number of pyridine rings is 1. The zero-order chi connectivity index (χ0) is 18.3. The highest BCUT2D eigenvalue weighted by Crippen LogP contribution is 2.31. The molecule has 0 bridgehead atoms. The van der Waals surface area contributed by atoms with Gasteiger partial charge >= 0.3 is 5.97 Å². The minimum atomic E-state index is -1.05. The van der Waals surface area contributed by atoms with Crippen LogP contribution in [0.1, 0.15) is 10.4 Å². The van der Waals surface area contributed by atoms with Crippen LogP contribution in [0.15, 0.2) is 69.6 Å². The molecule has 0 fully saturated rings. The first-order valence-electron chi connectivity index (χ1n) is 7.71. The lowest BCUT2D eigenvalue weighted by atomic mass is 10.1. The summed E-state index contributed by atoms with van der Waals surface area (Å²) < 4.78 is 20.0. The Morgan fingerprint density at radius 2 is 1.85 bits per heavy atom. The number of rotatable bonds is 3. The van der Waals surface area contributed by atoms with Crippen molar-refractivity contribution in [2.24, 2.45) is 0 Å². The Bertz CT molecular complexity index is 1150. The summed E-state index contributed by atoms with van der Waals surface area (Å²) in [6.45, 7) is 0. The maximum Gasteiger partial charge on any atom is 0.336 e. The number of aromatic nitrogens is 1. The predicted molar refractivity (Wildman–Crippen MR) is 99.5 cm³/mol. The Kier molecular flexibility index (Phi) is 4.05. The molecule has 0 radical (unpaired) electrons. The number of nitrogens with zero attached hydrogens (tertiary/aromatic N) is 1. The van der Waals surface area contributed by atoms with E-state index in [4.69, 9.17) is 4.42 Å². The number of furan rings is 1. The molecule has 26 heavy (non-hydrogen) atoms. The number of carboxylic acids is 1. The second-order valence-corrected chi connectivity index (χ2v) is 6.61. The lowest BCUT2D eigenvalue weighted by Crippen LogP contribution is -2.00. The summed E-state index contributed by atoms with van der Waals surface area (Å²) in [4.78, 5) is 16.2. The molecule has 2 aromatic heterocycles. The fourth-order valence-corrected chi connectivity index (χ4v) is 3.13. The molecule has 0 atom stereocenters. The van der Waals surface area contributed by atoms with Gasteiger partial charge in [0, 0.05) is 15.4 Å². The van der Waals surface area contributed by atoms with Gasteiger partial charge in [-0.05, 0) is 48.5 Å². The van der Waals surface area contributed by atoms with Crippen LogP contribution in [0.3, 0.4) is 0 Å². The van der Waals surface area contributed by atoms with Crippen LogP contribution in [-0.4, -0.2) is 16.1 Å². The highest BCUT2D eigenvalue weighted by atomic mass is 79.9. The predicted octanol–water partition coefficient (Wildman–Crippen LogP) is 5.76. The monoisotopic (exact) mass is 411 g/mol. The molecule has 0 aliphatic heterocycles. The van der Waals surface area contributed by atoms with Crippen molar-refractivity contribution in [1.29, 1.82) is 0 Å². The second-order valence-electron chi connectivity index (χ2n) is 5.70. The van der Waals surface area contributed by atoms with Gasteiger partial charge in [-0.15, -0.1) is 0 Å². The Morgan fingerprint density at radius 3 is 2.62 bits per heavy atom. The molecule has 0 aliphatic rings. The largest absolute Gasteiger partial charge is 0.478 e. The summed E-state index contributed by atoms with van der Waals surface area (Å²) in [6.07, 6.45) is 0. The minimum absolute atomic E-state index is 0.134. The van der Waals surface area contributed by atoms with Crippen LogP contribution in [0.5, 0.6) is 0 Å². The third-order valence-corrected chi connectivity index (χ3v) is 4.46. The smallest absolute Gasteiger partial charge is 0.336 e. The van der Waals surface area contributed by atoms with Gasteiger partial charge in [-0.25, -0.2) is 14.2 Å². The summed E-state index contributed by atoms with van der Waals surface area (Å²) in [7, 11) is 0. The zero-order valence-electron chi connectivity index (χ0n) is 13.2. The summed E-state index contributed by atoms with van der Waals surface area (Å²) in [5.74, 6) is -0.512. The van der Waals surface area contributed by atoms with Crippen LogP contribution in [0, 0.1) is 5.82 Å². The third kappa shape index (κ3) is 2.99. The molecule has 1 N–H and O–H groups in total. The van der Waals surface area contributed by atoms with Gasteiger partial charge < -0.3 is 9.52 Å². The van der Waals surface area contributed by atoms with Crippen LogP contribution in [0.4, 0.5) is 4.39 Å². The first-order chi connectivity index (χ1) is 12.5. The molecule has 2 heterocycles. The number of fused-ring (bicyclic) bond motifs is 1. The van der Waals surface area contributed by atoms with Gasteiger partial charge in [-0.3, -0.25) is 0 Å². The van der Waals surface area contributed by atoms with Gasteiger partial charge in [0.2, 0.25) is 0 Å². The van der Waals surface area contributed by atoms with Crippen LogP contribution in [-0.2, 0) is 0 Å². The molecule has 0 aliphatic carbocycles. The fraction of sp³-hybridized carbons (Fsp3) is 0. The molecule has 0 unspecified atom stereocenters. The maximum atomic E-state index is 13.4. The van der Waals surface area contributed by atoms with Gasteiger partial charge in [0.25, 0.3) is 0 Å². The SMILES string of the molecule is O=C(O)c1cc(-c2ccc(-c3cccc(F)c3)o2)nc2ccc(Br)cc12. The van der Waals surface area contributed by atoms with Crippen molar-refractivity contribution in [3.63, 3.8) is 0 Å². The van der Waals surface area contributed by atoms with E-state index in [0.29, 0.717) is 33.7 Å². The lowest BCUT2D eigenvalue weighted by Gasteiger charge is -2.06. The first kappa shape index (κ1) is 16.5. The number of hydrogen-bond donors (Lipinski definition) is 1. The highest BCUT2D eigenvalue weighted by molar-refractivity contribution is 9.10. The number of benzene rings is 2. The van der Waals surface area contributed by atoms with E-state index in [1.807, 2.05) is 0 Å². The van der Waals surface area contributed by atoms with Crippen LogP contribution >= 0.6 is 15.9 Å². The number of hydrogen-bond acceptors (Lipinski definition) is 3. The van der Waals surface area contributed by atoms with E-state index in [1.165, 1.54) is 18.2 Å². The van der Waals surface area contributed by atoms with E-state index in [9.17, 15) is 14.3 Å². The van der Waals surface area contributed by atoms with E-state index in [2.05, 4.69) is 20.9 Å². The Labute approximate surface area is 156 Å². The normalized spacial score (nSPS) is 11.0.